The van der Waals surface area contributed by atoms with Crippen molar-refractivity contribution in [2.24, 2.45) is 0 Å². The molecule has 0 aliphatic carbocycles. The lowest BCUT2D eigenvalue weighted by Gasteiger charge is -2.24. The van der Waals surface area contributed by atoms with Gasteiger partial charge >= 0.3 is 5.97 Å². The second kappa shape index (κ2) is 7.12. The van der Waals surface area contributed by atoms with E-state index in [2.05, 4.69) is 0 Å². The molecule has 0 aliphatic rings. The molecule has 2 aromatic rings. The maximum absolute atomic E-state index is 12.6. The molecule has 0 saturated carbocycles. The third kappa shape index (κ3) is 4.10. The quantitative estimate of drug-likeness (QED) is 0.866. The van der Waals surface area contributed by atoms with Gasteiger partial charge in [0, 0.05) is 12.1 Å². The summed E-state index contributed by atoms with van der Waals surface area (Å²) in [5.74, 6) is -1.21. The number of hydrogen-bond donors (Lipinski definition) is 1. The van der Waals surface area contributed by atoms with E-state index in [-0.39, 0.29) is 11.3 Å². The Morgan fingerprint density at radius 1 is 1.13 bits per heavy atom. The molecule has 122 valence electrons. The number of nitrogens with zero attached hydrogens (tertiary/aromatic N) is 1. The van der Waals surface area contributed by atoms with Gasteiger partial charge < -0.3 is 5.11 Å². The van der Waals surface area contributed by atoms with Crippen molar-refractivity contribution in [3.8, 4) is 0 Å². The van der Waals surface area contributed by atoms with Crippen LogP contribution in [0.5, 0.6) is 0 Å². The zero-order valence-corrected chi connectivity index (χ0v) is 14.0. The van der Waals surface area contributed by atoms with Gasteiger partial charge in [0.25, 0.3) is 0 Å². The normalized spacial score (nSPS) is 13.0. The number of carbonyl (C=O) groups is 1. The molecule has 0 bridgehead atoms. The lowest BCUT2D eigenvalue weighted by Crippen LogP contribution is -2.43. The van der Waals surface area contributed by atoms with Crippen LogP contribution in [-0.4, -0.2) is 36.9 Å². The first-order valence-corrected chi connectivity index (χ1v) is 8.64. The Kier molecular flexibility index (Phi) is 5.41. The molecule has 0 unspecified atom stereocenters. The number of sulfonamides is 1. The SMILES string of the molecule is CN([C@@H](Cc1ccc(Cl)cc1)C(=O)O)S(=O)(=O)c1ccccc1. The highest BCUT2D eigenvalue weighted by Gasteiger charge is 2.32. The lowest BCUT2D eigenvalue weighted by molar-refractivity contribution is -0.141. The van der Waals surface area contributed by atoms with Crippen molar-refractivity contribution in [2.45, 2.75) is 17.4 Å². The lowest BCUT2D eigenvalue weighted by atomic mass is 10.1. The molecule has 5 nitrogen and oxygen atoms in total. The zero-order chi connectivity index (χ0) is 17.0. The summed E-state index contributed by atoms with van der Waals surface area (Å²) in [6.07, 6.45) is 0.0507. The first-order valence-electron chi connectivity index (χ1n) is 6.82. The van der Waals surface area contributed by atoms with E-state index in [1.54, 1.807) is 42.5 Å². The summed E-state index contributed by atoms with van der Waals surface area (Å²) in [5, 5.41) is 9.97. The third-order valence-corrected chi connectivity index (χ3v) is 5.62. The van der Waals surface area contributed by atoms with E-state index in [1.807, 2.05) is 0 Å². The topological polar surface area (TPSA) is 74.7 Å². The summed E-state index contributed by atoms with van der Waals surface area (Å²) in [5.41, 5.74) is 0.692. The third-order valence-electron chi connectivity index (χ3n) is 3.49. The van der Waals surface area contributed by atoms with Gasteiger partial charge in [0.05, 0.1) is 4.90 Å². The van der Waals surface area contributed by atoms with Crippen molar-refractivity contribution in [3.05, 3.63) is 65.2 Å². The van der Waals surface area contributed by atoms with Crippen LogP contribution < -0.4 is 0 Å². The highest BCUT2D eigenvalue weighted by Crippen LogP contribution is 2.19. The van der Waals surface area contributed by atoms with Gasteiger partial charge in [-0.05, 0) is 36.2 Å². The Morgan fingerprint density at radius 3 is 2.22 bits per heavy atom. The van der Waals surface area contributed by atoms with E-state index in [1.165, 1.54) is 19.2 Å². The fraction of sp³-hybridized carbons (Fsp3) is 0.188. The number of carboxylic acids is 1. The van der Waals surface area contributed by atoms with Crippen LogP contribution in [0.3, 0.4) is 0 Å². The second-order valence-corrected chi connectivity index (χ2v) is 7.45. The van der Waals surface area contributed by atoms with Gasteiger partial charge in [-0.15, -0.1) is 0 Å². The van der Waals surface area contributed by atoms with Crippen LogP contribution in [0.4, 0.5) is 0 Å². The van der Waals surface area contributed by atoms with E-state index in [9.17, 15) is 18.3 Å². The average Bonchev–Trinajstić information content (AvgIpc) is 2.54. The molecule has 0 aromatic heterocycles. The minimum atomic E-state index is -3.89. The Labute approximate surface area is 140 Å². The van der Waals surface area contributed by atoms with Crippen molar-refractivity contribution in [2.75, 3.05) is 7.05 Å². The molecule has 0 radical (unpaired) electrons. The summed E-state index contributed by atoms with van der Waals surface area (Å²) >= 11 is 5.80. The van der Waals surface area contributed by atoms with Crippen molar-refractivity contribution in [1.29, 1.82) is 0 Å². The minimum Gasteiger partial charge on any atom is -0.480 e. The Hall–Kier alpha value is -1.89. The standard InChI is InChI=1S/C16H16ClNO4S/c1-18(23(21,22)14-5-3-2-4-6-14)15(16(19)20)11-12-7-9-13(17)10-8-12/h2-10,15H,11H2,1H3,(H,19,20)/t15-/m0/s1. The number of hydrogen-bond acceptors (Lipinski definition) is 3. The molecular weight excluding hydrogens is 338 g/mol. The van der Waals surface area contributed by atoms with Crippen LogP contribution in [0, 0.1) is 0 Å². The summed E-state index contributed by atoms with van der Waals surface area (Å²) in [7, 11) is -2.61. The smallest absolute Gasteiger partial charge is 0.322 e. The number of carboxylic acid groups (broad SMARTS) is 1. The number of halogens is 1. The van der Waals surface area contributed by atoms with Gasteiger partial charge in [0.1, 0.15) is 6.04 Å². The molecule has 7 heteroatoms. The first kappa shape index (κ1) is 17.5. The predicted molar refractivity (Wildman–Crippen MR) is 88.0 cm³/mol. The molecule has 1 N–H and O–H groups in total. The van der Waals surface area contributed by atoms with Crippen LogP contribution in [0.2, 0.25) is 5.02 Å². The maximum Gasteiger partial charge on any atom is 0.322 e. The van der Waals surface area contributed by atoms with Crippen molar-refractivity contribution < 1.29 is 18.3 Å². The maximum atomic E-state index is 12.6. The fourth-order valence-corrected chi connectivity index (χ4v) is 3.60. The number of aliphatic carboxylic acids is 1. The van der Waals surface area contributed by atoms with Gasteiger partial charge in [0.2, 0.25) is 10.0 Å². The molecule has 1 atom stereocenters. The van der Waals surface area contributed by atoms with Gasteiger partial charge in [0.15, 0.2) is 0 Å². The highest BCUT2D eigenvalue weighted by atomic mass is 35.5. The molecule has 0 aliphatic heterocycles. The Bertz CT molecular complexity index is 775. The summed E-state index contributed by atoms with van der Waals surface area (Å²) in [6.45, 7) is 0. The Morgan fingerprint density at radius 2 is 1.70 bits per heavy atom. The van der Waals surface area contributed by atoms with E-state index in [0.717, 1.165) is 4.31 Å². The fourth-order valence-electron chi connectivity index (χ4n) is 2.14. The van der Waals surface area contributed by atoms with Gasteiger partial charge in [-0.25, -0.2) is 8.42 Å². The first-order chi connectivity index (χ1) is 10.8. The summed E-state index contributed by atoms with van der Waals surface area (Å²) < 4.78 is 26.0. The molecule has 0 heterocycles. The molecule has 23 heavy (non-hydrogen) atoms. The molecule has 2 rings (SSSR count). The zero-order valence-electron chi connectivity index (χ0n) is 12.4. The van der Waals surface area contributed by atoms with Crippen LogP contribution in [-0.2, 0) is 21.2 Å². The van der Waals surface area contributed by atoms with Crippen molar-refractivity contribution in [3.63, 3.8) is 0 Å². The van der Waals surface area contributed by atoms with Crippen LogP contribution in [0.1, 0.15) is 5.56 Å². The van der Waals surface area contributed by atoms with E-state index >= 15 is 0 Å². The number of benzene rings is 2. The Balaban J connectivity index is 2.30. The number of likely N-dealkylation sites (N-methyl/N-ethyl adjacent to an activating group) is 1. The predicted octanol–water partition coefficient (Wildman–Crippen LogP) is 2.66. The van der Waals surface area contributed by atoms with E-state index in [0.29, 0.717) is 10.6 Å². The summed E-state index contributed by atoms with van der Waals surface area (Å²) in [6, 6.07) is 13.2. The second-order valence-electron chi connectivity index (χ2n) is 5.02. The molecule has 0 spiro atoms. The molecule has 0 amide bonds. The van der Waals surface area contributed by atoms with Crippen LogP contribution in [0.25, 0.3) is 0 Å². The van der Waals surface area contributed by atoms with Crippen LogP contribution in [0.15, 0.2) is 59.5 Å². The van der Waals surface area contributed by atoms with Crippen LogP contribution >= 0.6 is 11.6 Å². The van der Waals surface area contributed by atoms with Gasteiger partial charge in [-0.1, -0.05) is 41.9 Å². The minimum absolute atomic E-state index is 0.0507. The van der Waals surface area contributed by atoms with Gasteiger partial charge in [-0.3, -0.25) is 4.79 Å². The molecule has 2 aromatic carbocycles. The summed E-state index contributed by atoms with van der Waals surface area (Å²) in [4.78, 5) is 11.6. The van der Waals surface area contributed by atoms with Crippen molar-refractivity contribution in [1.82, 2.24) is 4.31 Å². The van der Waals surface area contributed by atoms with E-state index < -0.39 is 22.0 Å². The highest BCUT2D eigenvalue weighted by molar-refractivity contribution is 7.89. The largest absolute Gasteiger partial charge is 0.480 e. The van der Waals surface area contributed by atoms with E-state index in [4.69, 9.17) is 11.6 Å². The molecule has 0 saturated heterocycles. The number of rotatable bonds is 6. The molecule has 0 fully saturated rings. The average molecular weight is 354 g/mol. The monoisotopic (exact) mass is 353 g/mol. The van der Waals surface area contributed by atoms with Crippen molar-refractivity contribution >= 4 is 27.6 Å². The molecular formula is C16H16ClNO4S. The van der Waals surface area contributed by atoms with Gasteiger partial charge in [-0.2, -0.15) is 4.31 Å².